The van der Waals surface area contributed by atoms with E-state index in [1.165, 1.54) is 19.3 Å². The summed E-state index contributed by atoms with van der Waals surface area (Å²) in [5.41, 5.74) is 1.82. The Morgan fingerprint density at radius 1 is 1.41 bits per heavy atom. The molecule has 2 fully saturated rings. The van der Waals surface area contributed by atoms with Crippen LogP contribution in [0.4, 0.5) is 0 Å². The fourth-order valence-electron chi connectivity index (χ4n) is 5.53. The van der Waals surface area contributed by atoms with Crippen LogP contribution < -0.4 is 5.32 Å². The van der Waals surface area contributed by atoms with Gasteiger partial charge in [-0.1, -0.05) is 31.9 Å². The summed E-state index contributed by atoms with van der Waals surface area (Å²) in [6.07, 6.45) is 10.9. The topological polar surface area (TPSA) is 51.5 Å². The standard InChI is InChI=1S/C23H33NO3/c1-15-6-4-10-23(3)13-21-18(12-20(15)23)19(22(25)27-21)14-24-16(2)8-9-17-7-5-11-26-17/h5,7,11-12,15-16,18-19,21,24H,4,6,8-10,13-14H2,1-3H3/t15-,16-,18+,19+,21-,23+/m1/s1. The maximum atomic E-state index is 12.6. The number of aryl methyl sites for hydroxylation is 1. The Bertz CT molecular complexity index is 694. The van der Waals surface area contributed by atoms with Crippen LogP contribution in [0.3, 0.4) is 0 Å². The number of ether oxygens (including phenoxy) is 1. The molecule has 4 rings (SSSR count). The molecule has 1 aliphatic heterocycles. The Morgan fingerprint density at radius 3 is 3.04 bits per heavy atom. The van der Waals surface area contributed by atoms with E-state index in [-0.39, 0.29) is 29.3 Å². The van der Waals surface area contributed by atoms with Gasteiger partial charge in [0.25, 0.3) is 0 Å². The van der Waals surface area contributed by atoms with Gasteiger partial charge >= 0.3 is 5.97 Å². The SMILES string of the molecule is C[C@H](CCc1ccco1)NC[C@@H]1C(=O)O[C@@H]2C[C@]3(C)CCC[C@@H](C)C3=C[C@@H]12. The van der Waals surface area contributed by atoms with Gasteiger partial charge in [-0.2, -0.15) is 0 Å². The second-order valence-corrected chi connectivity index (χ2v) is 9.27. The van der Waals surface area contributed by atoms with Crippen LogP contribution in [0.1, 0.15) is 58.6 Å². The highest BCUT2D eigenvalue weighted by Gasteiger charge is 2.51. The summed E-state index contributed by atoms with van der Waals surface area (Å²) in [7, 11) is 0. The van der Waals surface area contributed by atoms with Crippen molar-refractivity contribution in [2.45, 2.75) is 71.4 Å². The van der Waals surface area contributed by atoms with Gasteiger partial charge in [0.05, 0.1) is 12.2 Å². The van der Waals surface area contributed by atoms with Crippen LogP contribution in [0.5, 0.6) is 0 Å². The number of allylic oxidation sites excluding steroid dienone is 1. The van der Waals surface area contributed by atoms with Gasteiger partial charge in [-0.05, 0) is 56.1 Å². The normalized spacial score (nSPS) is 36.6. The zero-order chi connectivity index (χ0) is 19.0. The zero-order valence-corrected chi connectivity index (χ0v) is 16.9. The van der Waals surface area contributed by atoms with Crippen molar-refractivity contribution in [3.63, 3.8) is 0 Å². The second kappa shape index (κ2) is 7.46. The Kier molecular flexibility index (Phi) is 5.19. The van der Waals surface area contributed by atoms with E-state index in [1.54, 1.807) is 11.8 Å². The number of fused-ring (bicyclic) bond motifs is 2. The van der Waals surface area contributed by atoms with Crippen LogP contribution in [0.15, 0.2) is 34.5 Å². The van der Waals surface area contributed by atoms with E-state index in [0.717, 1.165) is 25.0 Å². The molecule has 1 saturated carbocycles. The highest BCUT2D eigenvalue weighted by atomic mass is 16.6. The second-order valence-electron chi connectivity index (χ2n) is 9.27. The largest absolute Gasteiger partial charge is 0.469 e. The maximum Gasteiger partial charge on any atom is 0.311 e. The molecule has 27 heavy (non-hydrogen) atoms. The lowest BCUT2D eigenvalue weighted by molar-refractivity contribution is -0.145. The molecule has 1 aromatic heterocycles. The predicted octanol–water partition coefficient (Wildman–Crippen LogP) is 4.50. The third kappa shape index (κ3) is 3.73. The van der Waals surface area contributed by atoms with Gasteiger partial charge in [0.2, 0.25) is 0 Å². The van der Waals surface area contributed by atoms with Crippen molar-refractivity contribution in [3.8, 4) is 0 Å². The summed E-state index contributed by atoms with van der Waals surface area (Å²) in [5.74, 6) is 1.84. The van der Waals surface area contributed by atoms with Gasteiger partial charge in [-0.3, -0.25) is 4.79 Å². The fraction of sp³-hybridized carbons (Fsp3) is 0.696. The molecule has 148 valence electrons. The van der Waals surface area contributed by atoms with Crippen LogP contribution in [0.25, 0.3) is 0 Å². The lowest BCUT2D eigenvalue weighted by Gasteiger charge is -2.46. The molecule has 1 N–H and O–H groups in total. The van der Waals surface area contributed by atoms with Crippen LogP contribution in [-0.2, 0) is 16.0 Å². The van der Waals surface area contributed by atoms with Crippen molar-refractivity contribution in [2.75, 3.05) is 6.54 Å². The maximum absolute atomic E-state index is 12.6. The van der Waals surface area contributed by atoms with Crippen molar-refractivity contribution in [3.05, 3.63) is 35.8 Å². The van der Waals surface area contributed by atoms with E-state index in [1.807, 2.05) is 12.1 Å². The zero-order valence-electron chi connectivity index (χ0n) is 16.9. The Labute approximate surface area is 162 Å². The summed E-state index contributed by atoms with van der Waals surface area (Å²) in [6.45, 7) is 7.61. The first-order chi connectivity index (χ1) is 13.0. The smallest absolute Gasteiger partial charge is 0.311 e. The van der Waals surface area contributed by atoms with E-state index in [2.05, 4.69) is 32.2 Å². The molecule has 1 saturated heterocycles. The third-order valence-corrected chi connectivity index (χ3v) is 7.17. The number of nitrogens with one attached hydrogen (secondary N) is 1. The van der Waals surface area contributed by atoms with Gasteiger partial charge in [0, 0.05) is 24.9 Å². The van der Waals surface area contributed by atoms with Crippen molar-refractivity contribution in [1.82, 2.24) is 5.32 Å². The molecular formula is C23H33NO3. The minimum absolute atomic E-state index is 0.0116. The van der Waals surface area contributed by atoms with E-state index in [4.69, 9.17) is 9.15 Å². The van der Waals surface area contributed by atoms with Gasteiger partial charge in [-0.15, -0.1) is 0 Å². The van der Waals surface area contributed by atoms with Crippen LogP contribution in [-0.4, -0.2) is 24.7 Å². The minimum Gasteiger partial charge on any atom is -0.469 e. The molecule has 6 atom stereocenters. The number of furan rings is 1. The molecule has 0 radical (unpaired) electrons. The molecule has 0 aromatic carbocycles. The summed E-state index contributed by atoms with van der Waals surface area (Å²) in [5, 5.41) is 3.57. The average molecular weight is 372 g/mol. The number of carbonyl (C=O) groups is 1. The van der Waals surface area contributed by atoms with Crippen LogP contribution in [0.2, 0.25) is 0 Å². The molecule has 4 nitrogen and oxygen atoms in total. The summed E-state index contributed by atoms with van der Waals surface area (Å²) >= 11 is 0. The highest BCUT2D eigenvalue weighted by molar-refractivity contribution is 5.76. The number of rotatable bonds is 6. The fourth-order valence-corrected chi connectivity index (χ4v) is 5.53. The molecule has 0 bridgehead atoms. The molecule has 0 amide bonds. The molecule has 3 aliphatic rings. The molecule has 2 aliphatic carbocycles. The van der Waals surface area contributed by atoms with E-state index in [9.17, 15) is 4.79 Å². The first-order valence-electron chi connectivity index (χ1n) is 10.6. The first-order valence-corrected chi connectivity index (χ1v) is 10.6. The minimum atomic E-state index is -0.0489. The van der Waals surface area contributed by atoms with Crippen molar-refractivity contribution >= 4 is 5.97 Å². The van der Waals surface area contributed by atoms with Crippen molar-refractivity contribution in [2.24, 2.45) is 23.2 Å². The lowest BCUT2D eigenvalue weighted by atomic mass is 9.59. The van der Waals surface area contributed by atoms with Crippen LogP contribution in [0, 0.1) is 23.2 Å². The third-order valence-electron chi connectivity index (χ3n) is 7.17. The van der Waals surface area contributed by atoms with Crippen LogP contribution >= 0.6 is 0 Å². The molecular weight excluding hydrogens is 338 g/mol. The number of carbonyl (C=O) groups excluding carboxylic acids is 1. The molecule has 0 spiro atoms. The van der Waals surface area contributed by atoms with Gasteiger partial charge in [0.1, 0.15) is 11.9 Å². The number of hydrogen-bond donors (Lipinski definition) is 1. The average Bonchev–Trinajstić information content (AvgIpc) is 3.23. The first kappa shape index (κ1) is 18.8. The van der Waals surface area contributed by atoms with Gasteiger partial charge in [-0.25, -0.2) is 0 Å². The monoisotopic (exact) mass is 371 g/mol. The number of hydrogen-bond acceptors (Lipinski definition) is 4. The van der Waals surface area contributed by atoms with Gasteiger partial charge < -0.3 is 14.5 Å². The predicted molar refractivity (Wildman–Crippen MR) is 105 cm³/mol. The van der Waals surface area contributed by atoms with E-state index in [0.29, 0.717) is 18.5 Å². The van der Waals surface area contributed by atoms with Crippen molar-refractivity contribution < 1.29 is 13.9 Å². The van der Waals surface area contributed by atoms with Crippen molar-refractivity contribution in [1.29, 1.82) is 0 Å². The number of esters is 1. The van der Waals surface area contributed by atoms with Gasteiger partial charge in [0.15, 0.2) is 0 Å². The molecule has 2 heterocycles. The van der Waals surface area contributed by atoms with E-state index < -0.39 is 0 Å². The summed E-state index contributed by atoms with van der Waals surface area (Å²) < 4.78 is 11.2. The Morgan fingerprint density at radius 2 is 2.26 bits per heavy atom. The Balaban J connectivity index is 1.39. The van der Waals surface area contributed by atoms with E-state index >= 15 is 0 Å². The molecule has 4 heteroatoms. The summed E-state index contributed by atoms with van der Waals surface area (Å²) in [6, 6.07) is 4.29. The quantitative estimate of drug-likeness (QED) is 0.591. The molecule has 1 aromatic rings. The highest BCUT2D eigenvalue weighted by Crippen LogP contribution is 2.53. The summed E-state index contributed by atoms with van der Waals surface area (Å²) in [4.78, 5) is 12.6. The Hall–Kier alpha value is -1.55. The molecule has 0 unspecified atom stereocenters. The lowest BCUT2D eigenvalue weighted by Crippen LogP contribution is -2.41.